The standard InChI is InChI=1S/C14H20N2O/c1-16-8-4-7-14(10-16)9-12(15)11-5-2-3-6-13(11)17-14/h2-3,5-6,12H,4,7-10,15H2,1H3. The van der Waals surface area contributed by atoms with Crippen LogP contribution in [0.5, 0.6) is 5.75 Å². The fourth-order valence-electron chi connectivity index (χ4n) is 3.24. The van der Waals surface area contributed by atoms with Crippen molar-refractivity contribution in [2.24, 2.45) is 5.73 Å². The Morgan fingerprint density at radius 2 is 2.24 bits per heavy atom. The van der Waals surface area contributed by atoms with Crippen LogP contribution in [0.3, 0.4) is 0 Å². The van der Waals surface area contributed by atoms with E-state index in [9.17, 15) is 0 Å². The molecule has 3 heteroatoms. The highest BCUT2D eigenvalue weighted by Crippen LogP contribution is 2.41. The molecule has 1 aromatic rings. The Labute approximate surface area is 103 Å². The van der Waals surface area contributed by atoms with E-state index in [1.165, 1.54) is 13.0 Å². The fourth-order valence-corrected chi connectivity index (χ4v) is 3.24. The van der Waals surface area contributed by atoms with Crippen molar-refractivity contribution in [1.29, 1.82) is 0 Å². The van der Waals surface area contributed by atoms with Crippen molar-refractivity contribution in [3.63, 3.8) is 0 Å². The third-order valence-electron chi connectivity index (χ3n) is 3.97. The summed E-state index contributed by atoms with van der Waals surface area (Å²) < 4.78 is 6.28. The quantitative estimate of drug-likeness (QED) is 0.743. The smallest absolute Gasteiger partial charge is 0.124 e. The predicted octanol–water partition coefficient (Wildman–Crippen LogP) is 1.93. The Balaban J connectivity index is 1.92. The number of likely N-dealkylation sites (N-methyl/N-ethyl adjacent to an activating group) is 1. The molecule has 17 heavy (non-hydrogen) atoms. The minimum Gasteiger partial charge on any atom is -0.486 e. The molecule has 0 aliphatic carbocycles. The number of hydrogen-bond acceptors (Lipinski definition) is 3. The molecule has 0 amide bonds. The van der Waals surface area contributed by atoms with Crippen molar-refractivity contribution >= 4 is 0 Å². The third-order valence-corrected chi connectivity index (χ3v) is 3.97. The molecule has 1 aromatic carbocycles. The van der Waals surface area contributed by atoms with Gasteiger partial charge in [-0.1, -0.05) is 18.2 Å². The molecular weight excluding hydrogens is 212 g/mol. The van der Waals surface area contributed by atoms with Crippen LogP contribution in [-0.4, -0.2) is 30.6 Å². The molecule has 2 N–H and O–H groups in total. The van der Waals surface area contributed by atoms with Gasteiger partial charge in [0, 0.05) is 24.6 Å². The van der Waals surface area contributed by atoms with Crippen LogP contribution in [0.25, 0.3) is 0 Å². The Kier molecular flexibility index (Phi) is 2.60. The first-order valence-electron chi connectivity index (χ1n) is 6.41. The van der Waals surface area contributed by atoms with E-state index in [2.05, 4.69) is 18.0 Å². The predicted molar refractivity (Wildman–Crippen MR) is 68.1 cm³/mol. The van der Waals surface area contributed by atoms with Gasteiger partial charge in [0.15, 0.2) is 0 Å². The van der Waals surface area contributed by atoms with Crippen LogP contribution in [0.15, 0.2) is 24.3 Å². The Hall–Kier alpha value is -1.06. The third kappa shape index (κ3) is 1.94. The van der Waals surface area contributed by atoms with Crippen LogP contribution < -0.4 is 10.5 Å². The van der Waals surface area contributed by atoms with Crippen molar-refractivity contribution in [2.75, 3.05) is 20.1 Å². The summed E-state index contributed by atoms with van der Waals surface area (Å²) in [5.41, 5.74) is 7.40. The van der Waals surface area contributed by atoms with Crippen molar-refractivity contribution in [3.8, 4) is 5.75 Å². The summed E-state index contributed by atoms with van der Waals surface area (Å²) >= 11 is 0. The van der Waals surface area contributed by atoms with Gasteiger partial charge >= 0.3 is 0 Å². The molecule has 0 bridgehead atoms. The van der Waals surface area contributed by atoms with Gasteiger partial charge in [-0.25, -0.2) is 0 Å². The fraction of sp³-hybridized carbons (Fsp3) is 0.571. The highest BCUT2D eigenvalue weighted by molar-refractivity contribution is 5.38. The molecule has 0 aromatic heterocycles. The maximum absolute atomic E-state index is 6.30. The summed E-state index contributed by atoms with van der Waals surface area (Å²) in [6, 6.07) is 8.31. The molecule has 92 valence electrons. The lowest BCUT2D eigenvalue weighted by Crippen LogP contribution is -2.53. The van der Waals surface area contributed by atoms with Crippen LogP contribution >= 0.6 is 0 Å². The number of hydrogen-bond donors (Lipinski definition) is 1. The summed E-state index contributed by atoms with van der Waals surface area (Å²) in [7, 11) is 2.16. The molecule has 2 heterocycles. The molecule has 2 atom stereocenters. The number of para-hydroxylation sites is 1. The molecule has 1 fully saturated rings. The highest BCUT2D eigenvalue weighted by Gasteiger charge is 2.42. The molecule has 3 nitrogen and oxygen atoms in total. The number of likely N-dealkylation sites (tertiary alicyclic amines) is 1. The first-order valence-corrected chi connectivity index (χ1v) is 6.41. The van der Waals surface area contributed by atoms with E-state index in [0.717, 1.165) is 30.7 Å². The van der Waals surface area contributed by atoms with Crippen LogP contribution in [0.2, 0.25) is 0 Å². The molecule has 1 spiro atoms. The van der Waals surface area contributed by atoms with Crippen molar-refractivity contribution in [2.45, 2.75) is 30.9 Å². The normalized spacial score (nSPS) is 33.2. The number of benzene rings is 1. The zero-order valence-corrected chi connectivity index (χ0v) is 10.4. The number of nitrogens with two attached hydrogens (primary N) is 1. The van der Waals surface area contributed by atoms with E-state index in [-0.39, 0.29) is 11.6 Å². The van der Waals surface area contributed by atoms with E-state index in [4.69, 9.17) is 10.5 Å². The maximum Gasteiger partial charge on any atom is 0.124 e. The summed E-state index contributed by atoms with van der Waals surface area (Å²) in [6.07, 6.45) is 3.26. The lowest BCUT2D eigenvalue weighted by molar-refractivity contribution is -0.0233. The van der Waals surface area contributed by atoms with Crippen LogP contribution in [0.4, 0.5) is 0 Å². The van der Waals surface area contributed by atoms with Crippen molar-refractivity contribution in [3.05, 3.63) is 29.8 Å². The van der Waals surface area contributed by atoms with E-state index < -0.39 is 0 Å². The largest absolute Gasteiger partial charge is 0.486 e. The Morgan fingerprint density at radius 3 is 3.06 bits per heavy atom. The summed E-state index contributed by atoms with van der Waals surface area (Å²) in [5, 5.41) is 0. The van der Waals surface area contributed by atoms with Gasteiger partial charge in [-0.3, -0.25) is 0 Å². The van der Waals surface area contributed by atoms with Crippen molar-refractivity contribution < 1.29 is 4.74 Å². The summed E-state index contributed by atoms with van der Waals surface area (Å²) in [5.74, 6) is 0.988. The second-order valence-corrected chi connectivity index (χ2v) is 5.47. The second-order valence-electron chi connectivity index (χ2n) is 5.47. The lowest BCUT2D eigenvalue weighted by Gasteiger charge is -2.46. The van der Waals surface area contributed by atoms with Gasteiger partial charge in [0.05, 0.1) is 0 Å². The van der Waals surface area contributed by atoms with Gasteiger partial charge in [0.25, 0.3) is 0 Å². The molecule has 2 aliphatic heterocycles. The van der Waals surface area contributed by atoms with E-state index >= 15 is 0 Å². The zero-order valence-electron chi connectivity index (χ0n) is 10.4. The van der Waals surface area contributed by atoms with Crippen molar-refractivity contribution in [1.82, 2.24) is 4.90 Å². The monoisotopic (exact) mass is 232 g/mol. The van der Waals surface area contributed by atoms with Crippen LogP contribution in [0, 0.1) is 0 Å². The number of piperidine rings is 1. The first kappa shape index (κ1) is 11.1. The highest BCUT2D eigenvalue weighted by atomic mass is 16.5. The molecule has 0 saturated carbocycles. The van der Waals surface area contributed by atoms with Gasteiger partial charge in [-0.15, -0.1) is 0 Å². The Bertz CT molecular complexity index is 420. The number of nitrogens with zero attached hydrogens (tertiary/aromatic N) is 1. The SMILES string of the molecule is CN1CCCC2(CC(N)c3ccccc3O2)C1. The topological polar surface area (TPSA) is 38.5 Å². The average molecular weight is 232 g/mol. The van der Waals surface area contributed by atoms with Gasteiger partial charge in [-0.2, -0.15) is 0 Å². The lowest BCUT2D eigenvalue weighted by atomic mass is 9.82. The molecule has 0 radical (unpaired) electrons. The number of ether oxygens (including phenoxy) is 1. The molecule has 2 unspecified atom stereocenters. The first-order chi connectivity index (χ1) is 8.19. The molecule has 2 aliphatic rings. The van der Waals surface area contributed by atoms with Gasteiger partial charge < -0.3 is 15.4 Å². The Morgan fingerprint density at radius 1 is 1.41 bits per heavy atom. The minimum absolute atomic E-state index is 0.0548. The van der Waals surface area contributed by atoms with Gasteiger partial charge in [-0.05, 0) is 32.5 Å². The van der Waals surface area contributed by atoms with E-state index in [0.29, 0.717) is 0 Å². The summed E-state index contributed by atoms with van der Waals surface area (Å²) in [6.45, 7) is 2.16. The number of fused-ring (bicyclic) bond motifs is 1. The second kappa shape index (κ2) is 4.00. The minimum atomic E-state index is -0.0548. The molecule has 3 rings (SSSR count). The van der Waals surface area contributed by atoms with Crippen LogP contribution in [0.1, 0.15) is 30.9 Å². The van der Waals surface area contributed by atoms with Crippen LogP contribution in [-0.2, 0) is 0 Å². The van der Waals surface area contributed by atoms with Gasteiger partial charge in [0.1, 0.15) is 11.4 Å². The van der Waals surface area contributed by atoms with E-state index in [1.54, 1.807) is 0 Å². The van der Waals surface area contributed by atoms with E-state index in [1.807, 2.05) is 18.2 Å². The molecular formula is C14H20N2O. The molecule has 1 saturated heterocycles. The average Bonchev–Trinajstić information content (AvgIpc) is 2.28. The number of rotatable bonds is 0. The zero-order chi connectivity index (χ0) is 11.9. The van der Waals surface area contributed by atoms with Gasteiger partial charge in [0.2, 0.25) is 0 Å². The maximum atomic E-state index is 6.30. The summed E-state index contributed by atoms with van der Waals surface area (Å²) in [4.78, 5) is 2.35.